The minimum atomic E-state index is -0.665. The van der Waals surface area contributed by atoms with Gasteiger partial charge in [0.2, 0.25) is 0 Å². The number of aryl methyl sites for hydroxylation is 1. The Morgan fingerprint density at radius 1 is 0.907 bits per heavy atom. The van der Waals surface area contributed by atoms with E-state index in [2.05, 4.69) is 4.98 Å². The van der Waals surface area contributed by atoms with Gasteiger partial charge in [0.15, 0.2) is 0 Å². The van der Waals surface area contributed by atoms with E-state index in [0.717, 1.165) is 0 Å². The van der Waals surface area contributed by atoms with Crippen LogP contribution in [0.4, 0.5) is 0 Å². The Balaban J connectivity index is 1.31. The number of hydrogen-bond acceptors (Lipinski definition) is 7. The first-order valence-electron chi connectivity index (χ1n) is 14.2. The molecule has 10 nitrogen and oxygen atoms in total. The van der Waals surface area contributed by atoms with Crippen LogP contribution >= 0.6 is 0 Å². The van der Waals surface area contributed by atoms with E-state index in [-0.39, 0.29) is 37.0 Å². The van der Waals surface area contributed by atoms with E-state index in [9.17, 15) is 19.2 Å². The number of amides is 2. The number of methoxy groups -OCH3 is 1. The van der Waals surface area contributed by atoms with E-state index >= 15 is 0 Å². The van der Waals surface area contributed by atoms with Crippen molar-refractivity contribution in [3.05, 3.63) is 77.7 Å². The molecule has 1 aliphatic heterocycles. The molecule has 224 valence electrons. The maximum atomic E-state index is 13.5. The third-order valence-electron chi connectivity index (χ3n) is 7.25. The Kier molecular flexibility index (Phi) is 8.38. The molecule has 0 bridgehead atoms. The van der Waals surface area contributed by atoms with Crippen LogP contribution in [-0.4, -0.2) is 77.2 Å². The van der Waals surface area contributed by atoms with Gasteiger partial charge in [0.25, 0.3) is 17.6 Å². The van der Waals surface area contributed by atoms with Crippen molar-refractivity contribution in [1.29, 1.82) is 0 Å². The molecule has 10 heteroatoms. The Morgan fingerprint density at radius 3 is 2.28 bits per heavy atom. The summed E-state index contributed by atoms with van der Waals surface area (Å²) in [7, 11) is 1.50. The molecule has 0 radical (unpaired) electrons. The van der Waals surface area contributed by atoms with Gasteiger partial charge >= 0.3 is 5.97 Å². The molecule has 0 aliphatic carbocycles. The number of carbonyl (C=O) groups excluding carboxylic acids is 4. The third-order valence-corrected chi connectivity index (χ3v) is 7.25. The van der Waals surface area contributed by atoms with Crippen LogP contribution < -0.4 is 4.74 Å². The van der Waals surface area contributed by atoms with Gasteiger partial charge in [0.05, 0.1) is 30.0 Å². The number of furan rings is 1. The molecule has 1 aliphatic rings. The van der Waals surface area contributed by atoms with E-state index in [1.807, 2.05) is 45.0 Å². The second kappa shape index (κ2) is 12.2. The lowest BCUT2D eigenvalue weighted by atomic mass is 10.0. The highest BCUT2D eigenvalue weighted by atomic mass is 16.6. The van der Waals surface area contributed by atoms with E-state index in [1.165, 1.54) is 18.2 Å². The minimum absolute atomic E-state index is 0.0983. The summed E-state index contributed by atoms with van der Waals surface area (Å²) in [4.78, 5) is 58.1. The molecule has 1 fully saturated rings. The van der Waals surface area contributed by atoms with Crippen LogP contribution in [0.5, 0.6) is 5.75 Å². The van der Waals surface area contributed by atoms with Crippen molar-refractivity contribution in [2.24, 2.45) is 0 Å². The fourth-order valence-corrected chi connectivity index (χ4v) is 5.18. The van der Waals surface area contributed by atoms with E-state index < -0.39 is 17.3 Å². The number of H-pyrrole nitrogens is 1. The van der Waals surface area contributed by atoms with Crippen LogP contribution in [-0.2, 0) is 20.7 Å². The van der Waals surface area contributed by atoms with Gasteiger partial charge in [0.1, 0.15) is 22.9 Å². The second-order valence-corrected chi connectivity index (χ2v) is 11.4. The summed E-state index contributed by atoms with van der Waals surface area (Å²) in [5, 5.41) is 0.475. The van der Waals surface area contributed by atoms with Gasteiger partial charge in [0, 0.05) is 49.9 Å². The summed E-state index contributed by atoms with van der Waals surface area (Å²) in [6.45, 7) is 6.65. The first-order chi connectivity index (χ1) is 20.6. The van der Waals surface area contributed by atoms with Crippen LogP contribution in [0.15, 0.2) is 65.2 Å². The predicted molar refractivity (Wildman–Crippen MR) is 160 cm³/mol. The van der Waals surface area contributed by atoms with Gasteiger partial charge in [-0.2, -0.15) is 0 Å². The summed E-state index contributed by atoms with van der Waals surface area (Å²) < 4.78 is 17.0. The third kappa shape index (κ3) is 6.48. The van der Waals surface area contributed by atoms with Gasteiger partial charge in [-0.1, -0.05) is 18.2 Å². The van der Waals surface area contributed by atoms with Gasteiger partial charge in [-0.25, -0.2) is 0 Å². The molecule has 0 atom stereocenters. The Hall–Kier alpha value is -4.86. The summed E-state index contributed by atoms with van der Waals surface area (Å²) in [6, 6.07) is 16.1. The number of carbonyl (C=O) groups is 4. The number of nitrogens with one attached hydrogen (secondary N) is 1. The molecule has 2 aromatic heterocycles. The first-order valence-corrected chi connectivity index (χ1v) is 14.2. The zero-order valence-electron chi connectivity index (χ0n) is 24.8. The number of aromatic nitrogens is 1. The topological polar surface area (TPSA) is 122 Å². The molecule has 43 heavy (non-hydrogen) atoms. The molecule has 0 saturated carbocycles. The number of ether oxygens (including phenoxy) is 2. The van der Waals surface area contributed by atoms with Gasteiger partial charge in [-0.15, -0.1) is 0 Å². The SMILES string of the molecule is COc1ccc(-c2ccc(CCC(=O)OC(C)(C)C)o2)c2[nH]cc(C(=O)C(=O)N3CCN(C(=O)c4ccccc4)CC3)c12. The molecule has 3 heterocycles. The average molecular weight is 586 g/mol. The number of Topliss-reactive ketones (excluding diaryl/α,β-unsaturated/α-hetero) is 1. The predicted octanol–water partition coefficient (Wildman–Crippen LogP) is 4.88. The van der Waals surface area contributed by atoms with Crippen molar-refractivity contribution in [1.82, 2.24) is 14.8 Å². The van der Waals surface area contributed by atoms with Gasteiger partial charge in [-0.05, 0) is 57.2 Å². The molecule has 2 aromatic carbocycles. The summed E-state index contributed by atoms with van der Waals surface area (Å²) >= 11 is 0. The standard InChI is InChI=1S/C33H35N3O7/c1-33(2,3)43-27(37)15-11-22-10-13-25(42-22)23-12-14-26(41-4)28-24(20-34-29(23)28)30(38)32(40)36-18-16-35(17-19-36)31(39)21-8-6-5-7-9-21/h5-10,12-14,20,34H,11,15-19H2,1-4H3. The lowest BCUT2D eigenvalue weighted by molar-refractivity contribution is -0.154. The van der Waals surface area contributed by atoms with Gasteiger partial charge < -0.3 is 28.7 Å². The number of esters is 1. The van der Waals surface area contributed by atoms with Crippen LogP contribution in [0.1, 0.15) is 53.7 Å². The van der Waals surface area contributed by atoms with Crippen LogP contribution in [0.3, 0.4) is 0 Å². The minimum Gasteiger partial charge on any atom is -0.496 e. The summed E-state index contributed by atoms with van der Waals surface area (Å²) in [5.41, 5.74) is 1.49. The van der Waals surface area contributed by atoms with Crippen molar-refractivity contribution < 1.29 is 33.1 Å². The second-order valence-electron chi connectivity index (χ2n) is 11.4. The first kappa shape index (κ1) is 29.6. The van der Waals surface area contributed by atoms with Crippen molar-refractivity contribution in [2.45, 2.75) is 39.2 Å². The zero-order chi connectivity index (χ0) is 30.7. The van der Waals surface area contributed by atoms with Crippen LogP contribution in [0.2, 0.25) is 0 Å². The number of fused-ring (bicyclic) bond motifs is 1. The Morgan fingerprint density at radius 2 is 1.60 bits per heavy atom. The molecule has 0 spiro atoms. The van der Waals surface area contributed by atoms with Gasteiger partial charge in [-0.3, -0.25) is 19.2 Å². The molecular formula is C33H35N3O7. The molecule has 4 aromatic rings. The average Bonchev–Trinajstić information content (AvgIpc) is 3.66. The maximum absolute atomic E-state index is 13.5. The Bertz CT molecular complexity index is 1650. The number of piperazine rings is 1. The number of rotatable bonds is 8. The normalized spacial score (nSPS) is 13.7. The van der Waals surface area contributed by atoms with Crippen molar-refractivity contribution >= 4 is 34.5 Å². The number of nitrogens with zero attached hydrogens (tertiary/aromatic N) is 2. The highest BCUT2D eigenvalue weighted by Gasteiger charge is 2.31. The summed E-state index contributed by atoms with van der Waals surface area (Å²) in [6.07, 6.45) is 2.07. The van der Waals surface area contributed by atoms with E-state index in [1.54, 1.807) is 35.2 Å². The van der Waals surface area contributed by atoms with E-state index in [4.69, 9.17) is 13.9 Å². The molecule has 0 unspecified atom stereocenters. The zero-order valence-corrected chi connectivity index (χ0v) is 24.8. The fourth-order valence-electron chi connectivity index (χ4n) is 5.18. The highest BCUT2D eigenvalue weighted by molar-refractivity contribution is 6.45. The number of aromatic amines is 1. The molecular weight excluding hydrogens is 550 g/mol. The summed E-state index contributed by atoms with van der Waals surface area (Å²) in [5.74, 6) is -0.112. The van der Waals surface area contributed by atoms with E-state index in [0.29, 0.717) is 58.8 Å². The van der Waals surface area contributed by atoms with Crippen molar-refractivity contribution in [3.8, 4) is 17.1 Å². The quantitative estimate of drug-likeness (QED) is 0.178. The fraction of sp³-hybridized carbons (Fsp3) is 0.333. The molecule has 5 rings (SSSR count). The number of hydrogen-bond donors (Lipinski definition) is 1. The van der Waals surface area contributed by atoms with Crippen LogP contribution in [0, 0.1) is 0 Å². The molecule has 1 saturated heterocycles. The van der Waals surface area contributed by atoms with Crippen molar-refractivity contribution in [3.63, 3.8) is 0 Å². The largest absolute Gasteiger partial charge is 0.496 e. The maximum Gasteiger partial charge on any atom is 0.306 e. The van der Waals surface area contributed by atoms with Crippen molar-refractivity contribution in [2.75, 3.05) is 33.3 Å². The molecule has 2 amide bonds. The lowest BCUT2D eigenvalue weighted by Gasteiger charge is -2.34. The number of ketones is 1. The smallest absolute Gasteiger partial charge is 0.306 e. The Labute approximate surface area is 249 Å². The highest BCUT2D eigenvalue weighted by Crippen LogP contribution is 2.37. The lowest BCUT2D eigenvalue weighted by Crippen LogP contribution is -2.52. The monoisotopic (exact) mass is 585 g/mol. The van der Waals surface area contributed by atoms with Crippen LogP contribution in [0.25, 0.3) is 22.2 Å². The number of benzene rings is 2. The molecule has 1 N–H and O–H groups in total.